The molecule has 2 aromatic rings. The number of aromatic nitrogens is 2. The first-order chi connectivity index (χ1) is 12.2. The zero-order chi connectivity index (χ0) is 19.5. The van der Waals surface area contributed by atoms with Gasteiger partial charge in [-0.05, 0) is 12.1 Å². The molecule has 2 rings (SSSR count). The van der Waals surface area contributed by atoms with Gasteiger partial charge >= 0.3 is 6.18 Å². The van der Waals surface area contributed by atoms with E-state index in [1.807, 2.05) is 0 Å². The largest absolute Gasteiger partial charge is 0.497 e. The number of halogens is 3. The fourth-order valence-corrected chi connectivity index (χ4v) is 2.28. The van der Waals surface area contributed by atoms with Crippen molar-refractivity contribution in [1.29, 1.82) is 0 Å². The van der Waals surface area contributed by atoms with Gasteiger partial charge in [0.15, 0.2) is 5.69 Å². The van der Waals surface area contributed by atoms with Crippen molar-refractivity contribution in [3.63, 3.8) is 0 Å². The van der Waals surface area contributed by atoms with E-state index in [4.69, 9.17) is 9.47 Å². The maximum atomic E-state index is 13.1. The molecule has 0 atom stereocenters. The molecule has 0 unspecified atom stereocenters. The zero-order valence-corrected chi connectivity index (χ0v) is 15.3. The molecule has 6 nitrogen and oxygen atoms in total. The molecule has 0 saturated carbocycles. The summed E-state index contributed by atoms with van der Waals surface area (Å²) in [6.07, 6.45) is -4.55. The molecule has 0 aliphatic rings. The number of ether oxygens (including phenoxy) is 2. The molecule has 9 heteroatoms. The van der Waals surface area contributed by atoms with Gasteiger partial charge in [-0.25, -0.2) is 4.98 Å². The van der Waals surface area contributed by atoms with Gasteiger partial charge in [-0.1, -0.05) is 0 Å². The summed E-state index contributed by atoms with van der Waals surface area (Å²) in [5.74, 6) is 1.34. The molecule has 0 spiro atoms. The minimum atomic E-state index is -4.55. The molecule has 142 valence electrons. The Morgan fingerprint density at radius 2 is 1.69 bits per heavy atom. The first-order valence-electron chi connectivity index (χ1n) is 7.71. The van der Waals surface area contributed by atoms with Crippen LogP contribution < -0.4 is 19.3 Å². The molecular weight excluding hydrogens is 349 g/mol. The normalized spacial score (nSPS) is 11.2. The van der Waals surface area contributed by atoms with Crippen molar-refractivity contribution in [3.05, 3.63) is 35.5 Å². The summed E-state index contributed by atoms with van der Waals surface area (Å²) in [6, 6.07) is 6.17. The average molecular weight is 370 g/mol. The van der Waals surface area contributed by atoms with E-state index in [9.17, 15) is 13.2 Å². The Morgan fingerprint density at radius 3 is 2.23 bits per heavy atom. The van der Waals surface area contributed by atoms with E-state index >= 15 is 0 Å². The van der Waals surface area contributed by atoms with Crippen LogP contribution >= 0.6 is 0 Å². The number of hydrogen-bond acceptors (Lipinski definition) is 6. The smallest absolute Gasteiger partial charge is 0.433 e. The lowest BCUT2D eigenvalue weighted by atomic mass is 10.2. The average Bonchev–Trinajstić information content (AvgIpc) is 2.60. The second-order valence-electron chi connectivity index (χ2n) is 5.84. The van der Waals surface area contributed by atoms with E-state index in [0.29, 0.717) is 11.5 Å². The number of methoxy groups -OCH3 is 2. The minimum Gasteiger partial charge on any atom is -0.497 e. The van der Waals surface area contributed by atoms with Crippen LogP contribution in [-0.4, -0.2) is 45.3 Å². The SMILES string of the molecule is COc1ccc(CN(C)c2nc(N(C)C)cc(C(F)(F)F)n2)c(OC)c1. The minimum absolute atomic E-state index is 0.0265. The molecule has 26 heavy (non-hydrogen) atoms. The predicted octanol–water partition coefficient (Wildman–Crippen LogP) is 3.22. The summed E-state index contributed by atoms with van der Waals surface area (Å²) >= 11 is 0. The Kier molecular flexibility index (Phi) is 5.79. The summed E-state index contributed by atoms with van der Waals surface area (Å²) in [6.45, 7) is 0.265. The van der Waals surface area contributed by atoms with Crippen LogP contribution in [0.25, 0.3) is 0 Å². The third-order valence-corrected chi connectivity index (χ3v) is 3.69. The van der Waals surface area contributed by atoms with Crippen molar-refractivity contribution in [2.75, 3.05) is 45.2 Å². The lowest BCUT2D eigenvalue weighted by Gasteiger charge is -2.22. The Labute approximate surface area is 150 Å². The van der Waals surface area contributed by atoms with Crippen molar-refractivity contribution in [2.24, 2.45) is 0 Å². The Hall–Kier alpha value is -2.71. The van der Waals surface area contributed by atoms with Crippen LogP contribution in [0.2, 0.25) is 0 Å². The second kappa shape index (κ2) is 7.67. The summed E-state index contributed by atoms with van der Waals surface area (Å²) in [5, 5.41) is 0. The molecule has 0 aliphatic carbocycles. The molecule has 1 heterocycles. The first-order valence-corrected chi connectivity index (χ1v) is 7.71. The Morgan fingerprint density at radius 1 is 1.00 bits per heavy atom. The highest BCUT2D eigenvalue weighted by Crippen LogP contribution is 2.31. The van der Waals surface area contributed by atoms with Crippen LogP contribution in [0.3, 0.4) is 0 Å². The van der Waals surface area contributed by atoms with Crippen molar-refractivity contribution >= 4 is 11.8 Å². The lowest BCUT2D eigenvalue weighted by molar-refractivity contribution is -0.141. The maximum absolute atomic E-state index is 13.1. The molecule has 1 aromatic carbocycles. The van der Waals surface area contributed by atoms with Crippen LogP contribution in [0.4, 0.5) is 24.9 Å². The second-order valence-corrected chi connectivity index (χ2v) is 5.84. The number of benzene rings is 1. The van der Waals surface area contributed by atoms with Crippen molar-refractivity contribution < 1.29 is 22.6 Å². The molecule has 1 aromatic heterocycles. The van der Waals surface area contributed by atoms with Gasteiger partial charge in [-0.15, -0.1) is 0 Å². The first kappa shape index (κ1) is 19.6. The lowest BCUT2D eigenvalue weighted by Crippen LogP contribution is -2.23. The van der Waals surface area contributed by atoms with E-state index in [2.05, 4.69) is 9.97 Å². The van der Waals surface area contributed by atoms with Gasteiger partial charge in [-0.3, -0.25) is 0 Å². The fourth-order valence-electron chi connectivity index (χ4n) is 2.28. The molecule has 0 saturated heterocycles. The van der Waals surface area contributed by atoms with Gasteiger partial charge in [0.25, 0.3) is 0 Å². The van der Waals surface area contributed by atoms with Crippen molar-refractivity contribution in [2.45, 2.75) is 12.7 Å². The number of nitrogens with zero attached hydrogens (tertiary/aromatic N) is 4. The zero-order valence-electron chi connectivity index (χ0n) is 15.3. The quantitative estimate of drug-likeness (QED) is 0.778. The molecule has 0 bridgehead atoms. The van der Waals surface area contributed by atoms with Gasteiger partial charge in [0, 0.05) is 45.4 Å². The topological polar surface area (TPSA) is 50.7 Å². The molecule has 0 aliphatic heterocycles. The summed E-state index contributed by atoms with van der Waals surface area (Å²) in [7, 11) is 7.93. The number of alkyl halides is 3. The molecule has 0 amide bonds. The maximum Gasteiger partial charge on any atom is 0.433 e. The van der Waals surface area contributed by atoms with E-state index in [1.165, 1.54) is 16.9 Å². The molecule has 0 N–H and O–H groups in total. The highest BCUT2D eigenvalue weighted by molar-refractivity contribution is 5.47. The summed E-state index contributed by atoms with van der Waals surface area (Å²) in [5.41, 5.74) is -0.219. The number of anilines is 2. The van der Waals surface area contributed by atoms with Gasteiger partial charge in [0.1, 0.15) is 17.3 Å². The number of hydrogen-bond donors (Lipinski definition) is 0. The number of rotatable bonds is 6. The van der Waals surface area contributed by atoms with Crippen LogP contribution in [0, 0.1) is 0 Å². The Balaban J connectivity index is 2.37. The molecular formula is C17H21F3N4O2. The van der Waals surface area contributed by atoms with Gasteiger partial charge < -0.3 is 19.3 Å². The Bertz CT molecular complexity index is 766. The van der Waals surface area contributed by atoms with E-state index in [1.54, 1.807) is 46.5 Å². The van der Waals surface area contributed by atoms with E-state index < -0.39 is 11.9 Å². The van der Waals surface area contributed by atoms with Crippen LogP contribution in [0.1, 0.15) is 11.3 Å². The van der Waals surface area contributed by atoms with Crippen LogP contribution in [0.5, 0.6) is 11.5 Å². The summed E-state index contributed by atoms with van der Waals surface area (Å²) < 4.78 is 49.9. The van der Waals surface area contributed by atoms with Gasteiger partial charge in [0.2, 0.25) is 5.95 Å². The molecule has 0 radical (unpaired) electrons. The van der Waals surface area contributed by atoms with E-state index in [0.717, 1.165) is 11.6 Å². The predicted molar refractivity (Wildman–Crippen MR) is 93.0 cm³/mol. The van der Waals surface area contributed by atoms with Gasteiger partial charge in [-0.2, -0.15) is 18.2 Å². The molecule has 0 fully saturated rings. The van der Waals surface area contributed by atoms with Crippen molar-refractivity contribution in [1.82, 2.24) is 9.97 Å². The third kappa shape index (κ3) is 4.47. The standard InChI is InChI=1S/C17H21F3N4O2/c1-23(2)15-9-14(17(18,19)20)21-16(22-15)24(3)10-11-6-7-12(25-4)8-13(11)26-5/h6-9H,10H2,1-5H3. The third-order valence-electron chi connectivity index (χ3n) is 3.69. The van der Waals surface area contributed by atoms with Crippen LogP contribution in [-0.2, 0) is 12.7 Å². The highest BCUT2D eigenvalue weighted by atomic mass is 19.4. The highest BCUT2D eigenvalue weighted by Gasteiger charge is 2.34. The summed E-state index contributed by atoms with van der Waals surface area (Å²) in [4.78, 5) is 10.9. The van der Waals surface area contributed by atoms with Gasteiger partial charge in [0.05, 0.1) is 14.2 Å². The monoisotopic (exact) mass is 370 g/mol. The van der Waals surface area contributed by atoms with E-state index in [-0.39, 0.29) is 18.3 Å². The van der Waals surface area contributed by atoms with Crippen molar-refractivity contribution in [3.8, 4) is 11.5 Å². The van der Waals surface area contributed by atoms with Crippen LogP contribution in [0.15, 0.2) is 24.3 Å². The fraction of sp³-hybridized carbons (Fsp3) is 0.412.